The number of halogens is 1. The second-order valence-electron chi connectivity index (χ2n) is 8.17. The number of benzene rings is 1. The molecule has 0 amide bonds. The van der Waals surface area contributed by atoms with Crippen molar-refractivity contribution in [1.29, 1.82) is 0 Å². The van der Waals surface area contributed by atoms with Crippen molar-refractivity contribution in [2.75, 3.05) is 13.2 Å². The SMILES string of the molecule is C=C1N=C(NO)C=CN1[C@@H]1O[C@H](COP(=O)(N[C@@H](C)C(=O)OCC)Oc2ccccc2)C(O)[C@@]1(C)F. The first-order valence-corrected chi connectivity index (χ1v) is 12.7. The van der Waals surface area contributed by atoms with E-state index in [1.165, 1.54) is 36.2 Å². The topological polar surface area (TPSA) is 151 Å². The largest absolute Gasteiger partial charge is 0.465 e. The molecule has 1 aromatic carbocycles. The van der Waals surface area contributed by atoms with Gasteiger partial charge in [-0.05, 0) is 39.0 Å². The maximum atomic E-state index is 15.6. The molecule has 4 N–H and O–H groups in total. The van der Waals surface area contributed by atoms with Gasteiger partial charge in [-0.2, -0.15) is 5.09 Å². The quantitative estimate of drug-likeness (QED) is 0.201. The van der Waals surface area contributed by atoms with Crippen LogP contribution >= 0.6 is 7.75 Å². The molecule has 12 nitrogen and oxygen atoms in total. The smallest absolute Gasteiger partial charge is 0.459 e. The number of aliphatic imine (C=N–C) groups is 1. The van der Waals surface area contributed by atoms with Crippen LogP contribution in [0.3, 0.4) is 0 Å². The van der Waals surface area contributed by atoms with Crippen molar-refractivity contribution in [2.24, 2.45) is 4.99 Å². The molecule has 3 rings (SSSR count). The highest BCUT2D eigenvalue weighted by atomic mass is 31.2. The van der Waals surface area contributed by atoms with E-state index < -0.39 is 50.5 Å². The van der Waals surface area contributed by atoms with Crippen LogP contribution in [0, 0.1) is 0 Å². The van der Waals surface area contributed by atoms with Crippen LogP contribution in [0.4, 0.5) is 4.39 Å². The van der Waals surface area contributed by atoms with E-state index in [9.17, 15) is 14.5 Å². The summed E-state index contributed by atoms with van der Waals surface area (Å²) < 4.78 is 50.8. The third kappa shape index (κ3) is 6.30. The summed E-state index contributed by atoms with van der Waals surface area (Å²) in [5.74, 6) is -0.374. The van der Waals surface area contributed by atoms with Gasteiger partial charge in [0.05, 0.1) is 13.2 Å². The Bertz CT molecular complexity index is 1050. The summed E-state index contributed by atoms with van der Waals surface area (Å²) in [4.78, 5) is 17.3. The molecular weight excluding hydrogens is 498 g/mol. The highest BCUT2D eigenvalue weighted by molar-refractivity contribution is 7.52. The molecule has 2 aliphatic heterocycles. The summed E-state index contributed by atoms with van der Waals surface area (Å²) in [6.07, 6.45) is -1.61. The average Bonchev–Trinajstić information content (AvgIpc) is 3.06. The molecule has 0 aromatic heterocycles. The number of ether oxygens (including phenoxy) is 2. The fourth-order valence-electron chi connectivity index (χ4n) is 3.54. The number of hydrogen-bond donors (Lipinski definition) is 4. The van der Waals surface area contributed by atoms with Crippen molar-refractivity contribution in [3.05, 3.63) is 55.0 Å². The molecule has 0 aliphatic carbocycles. The monoisotopic (exact) mass is 528 g/mol. The number of nitrogens with zero attached hydrogens (tertiary/aromatic N) is 2. The predicted octanol–water partition coefficient (Wildman–Crippen LogP) is 2.22. The van der Waals surface area contributed by atoms with Gasteiger partial charge in [0.2, 0.25) is 0 Å². The van der Waals surface area contributed by atoms with Gasteiger partial charge < -0.3 is 24.0 Å². The molecule has 0 radical (unpaired) electrons. The fraction of sp³-hybridized carbons (Fsp3) is 0.455. The van der Waals surface area contributed by atoms with E-state index in [-0.39, 0.29) is 24.0 Å². The lowest BCUT2D eigenvalue weighted by Gasteiger charge is -2.34. The molecule has 1 saturated heterocycles. The number of rotatable bonds is 10. The lowest BCUT2D eigenvalue weighted by atomic mass is 9.98. The molecule has 1 fully saturated rings. The zero-order chi connectivity index (χ0) is 26.5. The van der Waals surface area contributed by atoms with E-state index >= 15 is 4.39 Å². The summed E-state index contributed by atoms with van der Waals surface area (Å²) in [5.41, 5.74) is -0.464. The second kappa shape index (κ2) is 11.5. The minimum atomic E-state index is -4.24. The normalized spacial score (nSPS) is 28.3. The molecule has 0 saturated carbocycles. The van der Waals surface area contributed by atoms with Crippen molar-refractivity contribution in [3.8, 4) is 5.75 Å². The van der Waals surface area contributed by atoms with Gasteiger partial charge in [0, 0.05) is 6.20 Å². The number of aliphatic hydroxyl groups is 1. The van der Waals surface area contributed by atoms with Gasteiger partial charge >= 0.3 is 13.7 Å². The van der Waals surface area contributed by atoms with E-state index in [0.717, 1.165) is 6.92 Å². The molecule has 6 atom stereocenters. The van der Waals surface area contributed by atoms with Crippen LogP contribution in [-0.2, 0) is 23.4 Å². The van der Waals surface area contributed by atoms with Crippen molar-refractivity contribution >= 4 is 19.6 Å². The number of carbonyl (C=O) groups excluding carboxylic acids is 1. The van der Waals surface area contributed by atoms with Gasteiger partial charge in [-0.3, -0.25) is 20.0 Å². The number of aliphatic hydroxyl groups excluding tert-OH is 1. The van der Waals surface area contributed by atoms with Crippen molar-refractivity contribution in [1.82, 2.24) is 15.5 Å². The Labute approximate surface area is 207 Å². The Balaban J connectivity index is 1.75. The number of alkyl halides is 1. The number of hydrogen-bond acceptors (Lipinski definition) is 11. The zero-order valence-electron chi connectivity index (χ0n) is 20.0. The summed E-state index contributed by atoms with van der Waals surface area (Å²) in [6.45, 7) is 7.45. The van der Waals surface area contributed by atoms with Crippen LogP contribution in [0.5, 0.6) is 5.75 Å². The molecule has 2 heterocycles. The minimum absolute atomic E-state index is 0.0414. The van der Waals surface area contributed by atoms with Crippen molar-refractivity contribution in [3.63, 3.8) is 0 Å². The third-order valence-corrected chi connectivity index (χ3v) is 7.04. The lowest BCUT2D eigenvalue weighted by Crippen LogP contribution is -2.48. The number of carbonyl (C=O) groups is 1. The minimum Gasteiger partial charge on any atom is -0.465 e. The maximum Gasteiger partial charge on any atom is 0.459 e. The molecular formula is C22H30FN4O8P. The van der Waals surface area contributed by atoms with Gasteiger partial charge in [-0.25, -0.2) is 13.9 Å². The number of para-hydroxylation sites is 1. The van der Waals surface area contributed by atoms with E-state index in [4.69, 9.17) is 23.7 Å². The van der Waals surface area contributed by atoms with Crippen LogP contribution < -0.4 is 15.1 Å². The molecule has 14 heteroatoms. The summed E-state index contributed by atoms with van der Waals surface area (Å²) in [5, 5.41) is 22.2. The first-order chi connectivity index (χ1) is 17.0. The Kier molecular flexibility index (Phi) is 8.88. The number of amidine groups is 1. The van der Waals surface area contributed by atoms with Gasteiger partial charge in [-0.15, -0.1) is 0 Å². The molecule has 0 bridgehead atoms. The molecule has 198 valence electrons. The first-order valence-electron chi connectivity index (χ1n) is 11.1. The van der Waals surface area contributed by atoms with E-state index in [1.54, 1.807) is 25.1 Å². The molecule has 1 aromatic rings. The summed E-state index contributed by atoms with van der Waals surface area (Å²) in [7, 11) is -4.24. The van der Waals surface area contributed by atoms with E-state index in [2.05, 4.69) is 16.7 Å². The number of nitrogens with one attached hydrogen (secondary N) is 2. The Morgan fingerprint density at radius 1 is 1.42 bits per heavy atom. The van der Waals surface area contributed by atoms with Crippen LogP contribution in [0.15, 0.2) is 60.0 Å². The molecule has 2 aliphatic rings. The van der Waals surface area contributed by atoms with Crippen LogP contribution in [-0.4, -0.2) is 70.4 Å². The Morgan fingerprint density at radius 3 is 2.72 bits per heavy atom. The number of hydroxylamine groups is 1. The van der Waals surface area contributed by atoms with Gasteiger partial charge in [0.25, 0.3) is 0 Å². The fourth-order valence-corrected chi connectivity index (χ4v) is 5.04. The van der Waals surface area contributed by atoms with E-state index in [1.807, 2.05) is 5.48 Å². The highest BCUT2D eigenvalue weighted by Gasteiger charge is 2.57. The van der Waals surface area contributed by atoms with Gasteiger partial charge in [0.15, 0.2) is 17.7 Å². The molecule has 0 spiro atoms. The lowest BCUT2D eigenvalue weighted by molar-refractivity contribution is -0.144. The highest BCUT2D eigenvalue weighted by Crippen LogP contribution is 2.47. The molecule has 2 unspecified atom stereocenters. The second-order valence-corrected chi connectivity index (χ2v) is 9.87. The predicted molar refractivity (Wildman–Crippen MR) is 127 cm³/mol. The van der Waals surface area contributed by atoms with Crippen LogP contribution in [0.2, 0.25) is 0 Å². The van der Waals surface area contributed by atoms with Crippen molar-refractivity contribution < 1.29 is 42.6 Å². The average molecular weight is 528 g/mol. The standard InChI is InChI=1S/C22H30FN4O8P/c1-5-32-20(29)14(2)26-36(31,35-16-9-7-6-8-10-16)33-13-17-19(28)22(4,23)21(34-17)27-12-11-18(25-30)24-15(27)3/h6-12,14,17,19,21,28,30H,3,5,13H2,1-2,4H3,(H,24,25)(H,26,31)/t14-,17+,19?,21+,22+,36?/m0/s1. The Morgan fingerprint density at radius 2 is 2.11 bits per heavy atom. The first kappa shape index (κ1) is 27.8. The summed E-state index contributed by atoms with van der Waals surface area (Å²) >= 11 is 0. The zero-order valence-corrected chi connectivity index (χ0v) is 20.9. The molecule has 36 heavy (non-hydrogen) atoms. The third-order valence-electron chi connectivity index (χ3n) is 5.39. The Hall–Kier alpha value is -2.80. The van der Waals surface area contributed by atoms with Gasteiger partial charge in [0.1, 0.15) is 29.8 Å². The van der Waals surface area contributed by atoms with E-state index in [0.29, 0.717) is 0 Å². The van der Waals surface area contributed by atoms with Crippen LogP contribution in [0.25, 0.3) is 0 Å². The number of esters is 1. The summed E-state index contributed by atoms with van der Waals surface area (Å²) in [6, 6.07) is 7.03. The van der Waals surface area contributed by atoms with Gasteiger partial charge in [-0.1, -0.05) is 24.8 Å². The maximum absolute atomic E-state index is 15.6. The van der Waals surface area contributed by atoms with Crippen LogP contribution in [0.1, 0.15) is 20.8 Å². The van der Waals surface area contributed by atoms with Crippen molar-refractivity contribution in [2.45, 2.75) is 50.9 Å².